The van der Waals surface area contributed by atoms with Crippen LogP contribution in [0.3, 0.4) is 0 Å². The smallest absolute Gasteiger partial charge is 0.195 e. The lowest BCUT2D eigenvalue weighted by Gasteiger charge is -2.03. The van der Waals surface area contributed by atoms with Crippen molar-refractivity contribution in [1.29, 1.82) is 0 Å². The summed E-state index contributed by atoms with van der Waals surface area (Å²) in [7, 11) is 0. The number of rotatable bonds is 3. The number of hydrogen-bond acceptors (Lipinski definition) is 4. The first-order chi connectivity index (χ1) is 8.74. The Morgan fingerprint density at radius 3 is 3.00 bits per heavy atom. The van der Waals surface area contributed by atoms with E-state index < -0.39 is 0 Å². The van der Waals surface area contributed by atoms with E-state index in [4.69, 9.17) is 12.2 Å². The number of halogens is 1. The van der Waals surface area contributed by atoms with Crippen LogP contribution in [-0.4, -0.2) is 14.8 Å². The van der Waals surface area contributed by atoms with Gasteiger partial charge in [-0.1, -0.05) is 6.07 Å². The van der Waals surface area contributed by atoms with E-state index >= 15 is 0 Å². The zero-order chi connectivity index (χ0) is 12.5. The van der Waals surface area contributed by atoms with E-state index in [1.54, 1.807) is 22.7 Å². The van der Waals surface area contributed by atoms with Crippen LogP contribution in [0.5, 0.6) is 0 Å². The highest BCUT2D eigenvalue weighted by Gasteiger charge is 2.10. The van der Waals surface area contributed by atoms with Gasteiger partial charge < -0.3 is 0 Å². The Morgan fingerprint density at radius 2 is 2.33 bits per heavy atom. The Labute approximate surface area is 125 Å². The van der Waals surface area contributed by atoms with Gasteiger partial charge in [-0.05, 0) is 45.7 Å². The zero-order valence-corrected chi connectivity index (χ0v) is 13.1. The summed E-state index contributed by atoms with van der Waals surface area (Å²) in [5.41, 5.74) is 0. The van der Waals surface area contributed by atoms with Crippen LogP contribution in [0.1, 0.15) is 4.88 Å². The first kappa shape index (κ1) is 12.3. The fraction of sp³-hybridized carbons (Fsp3) is 0.0909. The third-order valence-electron chi connectivity index (χ3n) is 2.44. The molecule has 0 aliphatic heterocycles. The van der Waals surface area contributed by atoms with Crippen LogP contribution in [0, 0.1) is 4.77 Å². The molecule has 0 spiro atoms. The van der Waals surface area contributed by atoms with Crippen LogP contribution in [-0.2, 0) is 6.54 Å². The second-order valence-electron chi connectivity index (χ2n) is 3.65. The molecule has 0 aliphatic carbocycles. The monoisotopic (exact) mass is 357 g/mol. The van der Waals surface area contributed by atoms with Gasteiger partial charge in [0, 0.05) is 14.7 Å². The molecule has 0 bridgehead atoms. The molecule has 7 heteroatoms. The normalized spacial score (nSPS) is 10.9. The fourth-order valence-corrected chi connectivity index (χ4v) is 4.01. The summed E-state index contributed by atoms with van der Waals surface area (Å²) in [5.74, 6) is 0.902. The predicted molar refractivity (Wildman–Crippen MR) is 81.8 cm³/mol. The lowest BCUT2D eigenvalue weighted by Crippen LogP contribution is -2.00. The predicted octanol–water partition coefficient (Wildman–Crippen LogP) is 4.54. The molecule has 3 nitrogen and oxygen atoms in total. The Kier molecular flexibility index (Phi) is 3.47. The maximum atomic E-state index is 5.30. The van der Waals surface area contributed by atoms with E-state index in [0.29, 0.717) is 4.77 Å². The summed E-state index contributed by atoms with van der Waals surface area (Å²) in [5, 5.41) is 11.3. The average Bonchev–Trinajstić information content (AvgIpc) is 3.03. The lowest BCUT2D eigenvalue weighted by atomic mass is 10.4. The molecule has 0 atom stereocenters. The largest absolute Gasteiger partial charge is 0.294 e. The molecular weight excluding hydrogens is 350 g/mol. The van der Waals surface area contributed by atoms with Crippen LogP contribution >= 0.6 is 50.8 Å². The molecule has 18 heavy (non-hydrogen) atoms. The highest BCUT2D eigenvalue weighted by atomic mass is 79.9. The summed E-state index contributed by atoms with van der Waals surface area (Å²) >= 11 is 12.1. The third kappa shape index (κ3) is 2.35. The Morgan fingerprint density at radius 1 is 1.44 bits per heavy atom. The van der Waals surface area contributed by atoms with Crippen molar-refractivity contribution in [2.75, 3.05) is 0 Å². The SMILES string of the molecule is S=c1[nH]nc(-c2cccs2)n1Cc1cc(Br)cs1. The molecule has 0 unspecified atom stereocenters. The summed E-state index contributed by atoms with van der Waals surface area (Å²) < 4.78 is 3.79. The van der Waals surface area contributed by atoms with Gasteiger partial charge in [-0.3, -0.25) is 9.67 Å². The van der Waals surface area contributed by atoms with Crippen molar-refractivity contribution in [2.45, 2.75) is 6.54 Å². The maximum Gasteiger partial charge on any atom is 0.195 e. The molecule has 92 valence electrons. The van der Waals surface area contributed by atoms with Crippen molar-refractivity contribution < 1.29 is 0 Å². The average molecular weight is 358 g/mol. The molecular formula is C11H8BrN3S3. The summed E-state index contributed by atoms with van der Waals surface area (Å²) in [6.45, 7) is 0.749. The lowest BCUT2D eigenvalue weighted by molar-refractivity contribution is 0.804. The number of nitrogens with one attached hydrogen (secondary N) is 1. The standard InChI is InChI=1S/C11H8BrN3S3/c12-7-4-8(18-6-7)5-15-10(13-14-11(15)16)9-2-1-3-17-9/h1-4,6H,5H2,(H,14,16). The number of nitrogens with zero attached hydrogens (tertiary/aromatic N) is 2. The van der Waals surface area contributed by atoms with Gasteiger partial charge in [0.05, 0.1) is 11.4 Å². The minimum Gasteiger partial charge on any atom is -0.294 e. The van der Waals surface area contributed by atoms with Crippen molar-refractivity contribution in [2.24, 2.45) is 0 Å². The minimum atomic E-state index is 0.655. The Bertz CT molecular complexity index is 708. The second kappa shape index (κ2) is 5.08. The van der Waals surface area contributed by atoms with Crippen LogP contribution in [0.4, 0.5) is 0 Å². The van der Waals surface area contributed by atoms with E-state index in [1.807, 2.05) is 16.0 Å². The molecule has 3 aromatic heterocycles. The summed E-state index contributed by atoms with van der Waals surface area (Å²) in [4.78, 5) is 2.37. The van der Waals surface area contributed by atoms with Gasteiger partial charge in [0.25, 0.3) is 0 Å². The Hall–Kier alpha value is -0.760. The van der Waals surface area contributed by atoms with E-state index in [9.17, 15) is 0 Å². The highest BCUT2D eigenvalue weighted by molar-refractivity contribution is 9.10. The van der Waals surface area contributed by atoms with Crippen LogP contribution in [0.15, 0.2) is 33.4 Å². The first-order valence-electron chi connectivity index (χ1n) is 5.16. The quantitative estimate of drug-likeness (QED) is 0.698. The first-order valence-corrected chi connectivity index (χ1v) is 8.12. The fourth-order valence-electron chi connectivity index (χ4n) is 1.65. The van der Waals surface area contributed by atoms with Crippen molar-refractivity contribution in [3.63, 3.8) is 0 Å². The molecule has 0 saturated heterocycles. The van der Waals surface area contributed by atoms with Gasteiger partial charge in [0.1, 0.15) is 0 Å². The van der Waals surface area contributed by atoms with Gasteiger partial charge in [-0.15, -0.1) is 22.7 Å². The number of aromatic nitrogens is 3. The Balaban J connectivity index is 2.01. The highest BCUT2D eigenvalue weighted by Crippen LogP contribution is 2.26. The number of hydrogen-bond donors (Lipinski definition) is 1. The second-order valence-corrected chi connectivity index (χ2v) is 6.89. The van der Waals surface area contributed by atoms with E-state index in [-0.39, 0.29) is 0 Å². The molecule has 0 fully saturated rings. The van der Waals surface area contributed by atoms with Crippen LogP contribution < -0.4 is 0 Å². The number of aromatic amines is 1. The molecule has 1 N–H and O–H groups in total. The van der Waals surface area contributed by atoms with Gasteiger partial charge in [0.15, 0.2) is 10.6 Å². The molecule has 3 aromatic rings. The van der Waals surface area contributed by atoms with Crippen molar-refractivity contribution in [1.82, 2.24) is 14.8 Å². The van der Waals surface area contributed by atoms with Crippen molar-refractivity contribution in [3.05, 3.63) is 43.1 Å². The van der Waals surface area contributed by atoms with E-state index in [1.165, 1.54) is 4.88 Å². The number of H-pyrrole nitrogens is 1. The van der Waals surface area contributed by atoms with Gasteiger partial charge >= 0.3 is 0 Å². The molecule has 3 heterocycles. The zero-order valence-electron chi connectivity index (χ0n) is 9.09. The van der Waals surface area contributed by atoms with Crippen molar-refractivity contribution >= 4 is 50.8 Å². The van der Waals surface area contributed by atoms with E-state index in [0.717, 1.165) is 21.7 Å². The third-order valence-corrected chi connectivity index (χ3v) is 5.30. The maximum absolute atomic E-state index is 5.30. The van der Waals surface area contributed by atoms with Gasteiger partial charge in [0.2, 0.25) is 0 Å². The van der Waals surface area contributed by atoms with Gasteiger partial charge in [-0.25, -0.2) is 0 Å². The molecule has 0 aliphatic rings. The summed E-state index contributed by atoms with van der Waals surface area (Å²) in [6, 6.07) is 6.18. The topological polar surface area (TPSA) is 33.6 Å². The van der Waals surface area contributed by atoms with Crippen molar-refractivity contribution in [3.8, 4) is 10.7 Å². The van der Waals surface area contributed by atoms with Crippen LogP contribution in [0.25, 0.3) is 10.7 Å². The molecule has 0 radical (unpaired) electrons. The summed E-state index contributed by atoms with van der Waals surface area (Å²) in [6.07, 6.45) is 0. The minimum absolute atomic E-state index is 0.655. The number of thiophene rings is 2. The van der Waals surface area contributed by atoms with Gasteiger partial charge in [-0.2, -0.15) is 5.10 Å². The van der Waals surface area contributed by atoms with E-state index in [2.05, 4.69) is 43.6 Å². The molecule has 0 saturated carbocycles. The molecule has 0 aromatic carbocycles. The molecule has 0 amide bonds. The molecule has 3 rings (SSSR count). The van der Waals surface area contributed by atoms with Crippen LogP contribution in [0.2, 0.25) is 0 Å².